The highest BCUT2D eigenvalue weighted by molar-refractivity contribution is 7.92. The first kappa shape index (κ1) is 24.7. The van der Waals surface area contributed by atoms with Gasteiger partial charge in [0.05, 0.1) is 22.2 Å². The fourth-order valence-corrected chi connectivity index (χ4v) is 5.55. The van der Waals surface area contributed by atoms with Crippen LogP contribution in [0, 0.1) is 11.3 Å². The molecule has 0 amide bonds. The number of hydrogen-bond acceptors (Lipinski definition) is 7. The number of nitrogens with zero attached hydrogens (tertiary/aromatic N) is 1. The predicted molar refractivity (Wildman–Crippen MR) is 130 cm³/mol. The summed E-state index contributed by atoms with van der Waals surface area (Å²) in [5, 5.41) is 30.5. The molecular formula is C24H18Cl2N2O6S. The molecule has 0 saturated heterocycles. The summed E-state index contributed by atoms with van der Waals surface area (Å²) in [6.45, 7) is 0. The molecule has 0 radical (unpaired) electrons. The highest BCUT2D eigenvalue weighted by Gasteiger charge is 2.40. The molecule has 1 aliphatic carbocycles. The van der Waals surface area contributed by atoms with Gasteiger partial charge in [-0.3, -0.25) is 4.72 Å². The molecule has 180 valence electrons. The average molecular weight is 533 g/mol. The average Bonchev–Trinajstić information content (AvgIpc) is 2.78. The number of phenols is 2. The van der Waals surface area contributed by atoms with Crippen LogP contribution in [-0.4, -0.2) is 24.6 Å². The van der Waals surface area contributed by atoms with Crippen LogP contribution in [-0.2, 0) is 15.4 Å². The third-order valence-corrected chi connectivity index (χ3v) is 7.67. The summed E-state index contributed by atoms with van der Waals surface area (Å²) in [5.41, 5.74) is -1.31. The van der Waals surface area contributed by atoms with Crippen molar-refractivity contribution in [3.05, 3.63) is 75.8 Å². The monoisotopic (exact) mass is 532 g/mol. The number of aromatic hydroxyl groups is 2. The largest absolute Gasteiger partial charge is 0.505 e. The maximum absolute atomic E-state index is 13.1. The van der Waals surface area contributed by atoms with E-state index in [1.807, 2.05) is 0 Å². The molecular weight excluding hydrogens is 515 g/mol. The molecule has 0 unspecified atom stereocenters. The first-order valence-corrected chi connectivity index (χ1v) is 12.6. The van der Waals surface area contributed by atoms with E-state index < -0.39 is 37.8 Å². The summed E-state index contributed by atoms with van der Waals surface area (Å²) in [6, 6.07) is 15.1. The number of carbonyl (C=O) groups is 1. The molecule has 1 saturated carbocycles. The molecule has 0 spiro atoms. The van der Waals surface area contributed by atoms with E-state index in [2.05, 4.69) is 10.8 Å². The number of phenolic OH excluding ortho intramolecular Hbond substituents is 2. The van der Waals surface area contributed by atoms with Gasteiger partial charge < -0.3 is 14.9 Å². The molecule has 1 fully saturated rings. The lowest BCUT2D eigenvalue weighted by molar-refractivity contribution is 0.0731. The van der Waals surface area contributed by atoms with Crippen molar-refractivity contribution in [1.82, 2.24) is 0 Å². The maximum atomic E-state index is 13.1. The Hall–Kier alpha value is -3.45. The fourth-order valence-electron chi connectivity index (χ4n) is 3.74. The lowest BCUT2D eigenvalue weighted by Gasteiger charge is -2.36. The molecule has 11 heteroatoms. The van der Waals surface area contributed by atoms with Crippen LogP contribution >= 0.6 is 23.2 Å². The van der Waals surface area contributed by atoms with Crippen molar-refractivity contribution in [1.29, 1.82) is 5.26 Å². The molecule has 3 aromatic carbocycles. The summed E-state index contributed by atoms with van der Waals surface area (Å²) < 4.78 is 33.7. The van der Waals surface area contributed by atoms with Crippen molar-refractivity contribution in [3.63, 3.8) is 0 Å². The van der Waals surface area contributed by atoms with Gasteiger partial charge in [0.2, 0.25) is 0 Å². The number of ether oxygens (including phenoxy) is 1. The summed E-state index contributed by atoms with van der Waals surface area (Å²) in [6.07, 6.45) is 1.77. The van der Waals surface area contributed by atoms with Gasteiger partial charge in [-0.25, -0.2) is 13.2 Å². The zero-order valence-corrected chi connectivity index (χ0v) is 20.3. The van der Waals surface area contributed by atoms with Gasteiger partial charge >= 0.3 is 5.97 Å². The van der Waals surface area contributed by atoms with E-state index in [0.717, 1.165) is 12.5 Å². The number of carbonyl (C=O) groups excluding carboxylic acids is 1. The molecule has 3 aromatic rings. The lowest BCUT2D eigenvalue weighted by atomic mass is 9.65. The highest BCUT2D eigenvalue weighted by Crippen LogP contribution is 2.46. The summed E-state index contributed by atoms with van der Waals surface area (Å²) in [7, 11) is -4.53. The minimum atomic E-state index is -4.53. The molecule has 0 aliphatic heterocycles. The van der Waals surface area contributed by atoms with E-state index >= 15 is 0 Å². The molecule has 0 aromatic heterocycles. The number of hydrogen-bond donors (Lipinski definition) is 3. The number of esters is 1. The second kappa shape index (κ2) is 9.30. The Morgan fingerprint density at radius 1 is 1.06 bits per heavy atom. The number of anilines is 1. The number of sulfonamides is 1. The van der Waals surface area contributed by atoms with Gasteiger partial charge in [0.25, 0.3) is 10.0 Å². The molecule has 0 heterocycles. The zero-order valence-electron chi connectivity index (χ0n) is 18.0. The van der Waals surface area contributed by atoms with Crippen LogP contribution in [0.3, 0.4) is 0 Å². The van der Waals surface area contributed by atoms with Crippen LogP contribution < -0.4 is 9.46 Å². The number of nitrogens with one attached hydrogen (secondary N) is 1. The predicted octanol–water partition coefficient (Wildman–Crippen LogP) is 5.37. The van der Waals surface area contributed by atoms with E-state index in [4.69, 9.17) is 27.9 Å². The van der Waals surface area contributed by atoms with E-state index in [9.17, 15) is 28.7 Å². The SMILES string of the molecule is N#CC1(c2cc(NS(=O)(=O)c3cc(Cl)cc(Cl)c3O)c(O)c(C(=O)Oc3ccccc3)c2)CCC1. The van der Waals surface area contributed by atoms with E-state index in [1.54, 1.807) is 18.2 Å². The Morgan fingerprint density at radius 2 is 1.74 bits per heavy atom. The Balaban J connectivity index is 1.81. The van der Waals surface area contributed by atoms with Gasteiger partial charge in [-0.1, -0.05) is 41.4 Å². The van der Waals surface area contributed by atoms with Gasteiger partial charge in [0.1, 0.15) is 16.2 Å². The number of rotatable bonds is 6. The fraction of sp³-hybridized carbons (Fsp3) is 0.167. The van der Waals surface area contributed by atoms with Crippen molar-refractivity contribution in [2.45, 2.75) is 29.6 Å². The summed E-state index contributed by atoms with van der Waals surface area (Å²) in [4.78, 5) is 12.3. The van der Waals surface area contributed by atoms with Gasteiger partial charge in [-0.2, -0.15) is 5.26 Å². The van der Waals surface area contributed by atoms with Crippen molar-refractivity contribution in [2.24, 2.45) is 0 Å². The minimum Gasteiger partial charge on any atom is -0.505 e. The second-order valence-electron chi connectivity index (χ2n) is 8.01. The summed E-state index contributed by atoms with van der Waals surface area (Å²) >= 11 is 11.8. The molecule has 0 atom stereocenters. The molecule has 3 N–H and O–H groups in total. The smallest absolute Gasteiger partial charge is 0.347 e. The molecule has 35 heavy (non-hydrogen) atoms. The van der Waals surface area contributed by atoms with Crippen LogP contribution in [0.5, 0.6) is 17.2 Å². The Bertz CT molecular complexity index is 1470. The third-order valence-electron chi connectivity index (χ3n) is 5.78. The Labute approximate surface area is 211 Å². The number of para-hydroxylation sites is 1. The molecule has 0 bridgehead atoms. The van der Waals surface area contributed by atoms with Crippen LogP contribution in [0.1, 0.15) is 35.2 Å². The normalized spacial score (nSPS) is 14.4. The van der Waals surface area contributed by atoms with Crippen LogP contribution in [0.25, 0.3) is 0 Å². The van der Waals surface area contributed by atoms with E-state index in [1.165, 1.54) is 30.3 Å². The maximum Gasteiger partial charge on any atom is 0.347 e. The highest BCUT2D eigenvalue weighted by atomic mass is 35.5. The zero-order chi connectivity index (χ0) is 25.4. The lowest BCUT2D eigenvalue weighted by Crippen LogP contribution is -2.32. The van der Waals surface area contributed by atoms with Crippen LogP contribution in [0.4, 0.5) is 5.69 Å². The first-order chi connectivity index (χ1) is 16.6. The van der Waals surface area contributed by atoms with Crippen LogP contribution in [0.2, 0.25) is 10.0 Å². The van der Waals surface area contributed by atoms with Crippen LogP contribution in [0.15, 0.2) is 59.5 Å². The number of halogens is 2. The topological polar surface area (TPSA) is 137 Å². The van der Waals surface area contributed by atoms with Gasteiger partial charge in [-0.05, 0) is 61.2 Å². The van der Waals surface area contributed by atoms with Gasteiger partial charge in [0, 0.05) is 5.02 Å². The molecule has 1 aliphatic rings. The van der Waals surface area contributed by atoms with Crippen molar-refractivity contribution in [3.8, 4) is 23.3 Å². The number of benzene rings is 3. The van der Waals surface area contributed by atoms with Crippen molar-refractivity contribution in [2.75, 3.05) is 4.72 Å². The standard InChI is InChI=1S/C24H18Cl2N2O6S/c25-15-11-18(26)22(30)20(12-15)35(32,33)28-19-10-14(24(13-27)7-4-8-24)9-17(21(19)29)23(31)34-16-5-2-1-3-6-16/h1-3,5-6,9-12,28-30H,4,7-8H2. The molecule has 8 nitrogen and oxygen atoms in total. The third kappa shape index (κ3) is 4.73. The Kier molecular flexibility index (Phi) is 6.56. The quantitative estimate of drug-likeness (QED) is 0.220. The first-order valence-electron chi connectivity index (χ1n) is 10.3. The molecule has 4 rings (SSSR count). The van der Waals surface area contributed by atoms with Gasteiger partial charge in [-0.15, -0.1) is 0 Å². The van der Waals surface area contributed by atoms with E-state index in [-0.39, 0.29) is 27.0 Å². The van der Waals surface area contributed by atoms with Crippen molar-refractivity contribution < 1.29 is 28.2 Å². The number of nitriles is 1. The minimum absolute atomic E-state index is 0.0452. The van der Waals surface area contributed by atoms with Crippen molar-refractivity contribution >= 4 is 44.9 Å². The van der Waals surface area contributed by atoms with E-state index in [0.29, 0.717) is 18.4 Å². The van der Waals surface area contributed by atoms with Gasteiger partial charge in [0.15, 0.2) is 11.5 Å². The summed E-state index contributed by atoms with van der Waals surface area (Å²) in [5.74, 6) is -2.19. The Morgan fingerprint density at radius 3 is 2.34 bits per heavy atom. The second-order valence-corrected chi connectivity index (χ2v) is 10.5.